The lowest BCUT2D eigenvalue weighted by molar-refractivity contribution is 0.112. The monoisotopic (exact) mass is 246 g/mol. The summed E-state index contributed by atoms with van der Waals surface area (Å²) in [6.07, 6.45) is 1.26. The van der Waals surface area contributed by atoms with Gasteiger partial charge in [-0.2, -0.15) is 0 Å². The molecule has 0 aromatic heterocycles. The smallest absolute Gasteiger partial charge is 0.0237 e. The fourth-order valence-corrected chi connectivity index (χ4v) is 2.65. The molecule has 0 saturated carbocycles. The van der Waals surface area contributed by atoms with Crippen molar-refractivity contribution in [1.29, 1.82) is 0 Å². The van der Waals surface area contributed by atoms with Crippen LogP contribution in [0.1, 0.15) is 32.8 Å². The number of hydrogen-bond donors (Lipinski definition) is 1. The van der Waals surface area contributed by atoms with Gasteiger partial charge in [-0.1, -0.05) is 50.6 Å². The number of piperazine rings is 1. The summed E-state index contributed by atoms with van der Waals surface area (Å²) in [6, 6.07) is 12.1. The molecule has 0 radical (unpaired) electrons. The van der Waals surface area contributed by atoms with Crippen LogP contribution in [0.3, 0.4) is 0 Å². The Morgan fingerprint density at radius 2 is 2.06 bits per heavy atom. The van der Waals surface area contributed by atoms with Gasteiger partial charge in [0, 0.05) is 31.7 Å². The van der Waals surface area contributed by atoms with Crippen LogP contribution in [0, 0.1) is 5.92 Å². The van der Waals surface area contributed by atoms with E-state index in [4.69, 9.17) is 0 Å². The van der Waals surface area contributed by atoms with Crippen molar-refractivity contribution >= 4 is 0 Å². The zero-order valence-electron chi connectivity index (χ0n) is 11.9. The molecule has 1 saturated heterocycles. The second-order valence-corrected chi connectivity index (χ2v) is 5.66. The van der Waals surface area contributed by atoms with Crippen LogP contribution < -0.4 is 5.32 Å². The fraction of sp³-hybridized carbons (Fsp3) is 0.625. The Hall–Kier alpha value is -0.860. The van der Waals surface area contributed by atoms with Crippen molar-refractivity contribution in [3.05, 3.63) is 35.9 Å². The number of rotatable bonds is 4. The highest BCUT2D eigenvalue weighted by molar-refractivity contribution is 5.14. The van der Waals surface area contributed by atoms with E-state index in [-0.39, 0.29) is 0 Å². The van der Waals surface area contributed by atoms with Crippen molar-refractivity contribution in [2.45, 2.75) is 45.8 Å². The van der Waals surface area contributed by atoms with E-state index in [0.717, 1.165) is 19.0 Å². The van der Waals surface area contributed by atoms with Gasteiger partial charge in [0.25, 0.3) is 0 Å². The van der Waals surface area contributed by atoms with Gasteiger partial charge in [-0.3, -0.25) is 4.90 Å². The zero-order valence-corrected chi connectivity index (χ0v) is 11.9. The Morgan fingerprint density at radius 3 is 2.72 bits per heavy atom. The highest BCUT2D eigenvalue weighted by atomic mass is 15.2. The minimum absolute atomic E-state index is 0.630. The van der Waals surface area contributed by atoms with Gasteiger partial charge in [0.15, 0.2) is 0 Å². The molecule has 2 nitrogen and oxygen atoms in total. The zero-order chi connectivity index (χ0) is 13.0. The van der Waals surface area contributed by atoms with Crippen molar-refractivity contribution in [3.63, 3.8) is 0 Å². The summed E-state index contributed by atoms with van der Waals surface area (Å²) in [7, 11) is 0. The predicted molar refractivity (Wildman–Crippen MR) is 77.6 cm³/mol. The SMILES string of the molecule is CCC(C)C1CN(Cc2ccccc2)C(C)CN1. The van der Waals surface area contributed by atoms with E-state index in [2.05, 4.69) is 61.3 Å². The highest BCUT2D eigenvalue weighted by Gasteiger charge is 2.27. The molecule has 0 spiro atoms. The average Bonchev–Trinajstić information content (AvgIpc) is 2.41. The van der Waals surface area contributed by atoms with Crippen LogP contribution in [0.15, 0.2) is 30.3 Å². The normalized spacial score (nSPS) is 27.1. The largest absolute Gasteiger partial charge is 0.311 e. The van der Waals surface area contributed by atoms with Gasteiger partial charge < -0.3 is 5.32 Å². The number of nitrogens with one attached hydrogen (secondary N) is 1. The van der Waals surface area contributed by atoms with Crippen molar-refractivity contribution in [2.75, 3.05) is 13.1 Å². The summed E-state index contributed by atoms with van der Waals surface area (Å²) in [6.45, 7) is 10.3. The van der Waals surface area contributed by atoms with E-state index in [9.17, 15) is 0 Å². The molecule has 3 unspecified atom stereocenters. The van der Waals surface area contributed by atoms with E-state index < -0.39 is 0 Å². The molecule has 1 aromatic carbocycles. The van der Waals surface area contributed by atoms with E-state index >= 15 is 0 Å². The quantitative estimate of drug-likeness (QED) is 0.879. The van der Waals surface area contributed by atoms with Crippen molar-refractivity contribution in [2.24, 2.45) is 5.92 Å². The highest BCUT2D eigenvalue weighted by Crippen LogP contribution is 2.17. The Balaban J connectivity index is 1.97. The maximum atomic E-state index is 3.69. The summed E-state index contributed by atoms with van der Waals surface area (Å²) < 4.78 is 0. The molecule has 1 fully saturated rings. The lowest BCUT2D eigenvalue weighted by atomic mass is 9.95. The molecular formula is C16H26N2. The van der Waals surface area contributed by atoms with Crippen LogP contribution in [0.4, 0.5) is 0 Å². The third-order valence-corrected chi connectivity index (χ3v) is 4.29. The maximum absolute atomic E-state index is 3.69. The van der Waals surface area contributed by atoms with Crippen LogP contribution in [0.25, 0.3) is 0 Å². The molecule has 1 aromatic rings. The summed E-state index contributed by atoms with van der Waals surface area (Å²) in [5.74, 6) is 0.760. The third kappa shape index (κ3) is 3.33. The summed E-state index contributed by atoms with van der Waals surface area (Å²) >= 11 is 0. The minimum Gasteiger partial charge on any atom is -0.311 e. The molecular weight excluding hydrogens is 220 g/mol. The Labute approximate surface area is 111 Å². The van der Waals surface area contributed by atoms with Crippen LogP contribution >= 0.6 is 0 Å². The molecule has 0 aliphatic carbocycles. The maximum Gasteiger partial charge on any atom is 0.0237 e. The fourth-order valence-electron chi connectivity index (χ4n) is 2.65. The molecule has 1 heterocycles. The Kier molecular flexibility index (Phi) is 4.79. The third-order valence-electron chi connectivity index (χ3n) is 4.29. The van der Waals surface area contributed by atoms with Gasteiger partial charge in [0.2, 0.25) is 0 Å². The minimum atomic E-state index is 0.630. The first-order valence-corrected chi connectivity index (χ1v) is 7.22. The van der Waals surface area contributed by atoms with Gasteiger partial charge in [-0.25, -0.2) is 0 Å². The van der Waals surface area contributed by atoms with Crippen LogP contribution in [0.2, 0.25) is 0 Å². The van der Waals surface area contributed by atoms with Gasteiger partial charge in [-0.05, 0) is 18.4 Å². The molecule has 2 heteroatoms. The molecule has 0 bridgehead atoms. The van der Waals surface area contributed by atoms with Crippen LogP contribution in [-0.4, -0.2) is 30.1 Å². The molecule has 18 heavy (non-hydrogen) atoms. The lowest BCUT2D eigenvalue weighted by Crippen LogP contribution is -2.56. The second kappa shape index (κ2) is 6.35. The van der Waals surface area contributed by atoms with Gasteiger partial charge >= 0.3 is 0 Å². The van der Waals surface area contributed by atoms with Gasteiger partial charge in [0.1, 0.15) is 0 Å². The van der Waals surface area contributed by atoms with E-state index in [1.807, 2.05) is 0 Å². The van der Waals surface area contributed by atoms with E-state index in [1.54, 1.807) is 0 Å². The van der Waals surface area contributed by atoms with Gasteiger partial charge in [0.05, 0.1) is 0 Å². The molecule has 3 atom stereocenters. The number of nitrogens with zero attached hydrogens (tertiary/aromatic N) is 1. The summed E-state index contributed by atoms with van der Waals surface area (Å²) in [5.41, 5.74) is 1.43. The molecule has 1 aliphatic rings. The predicted octanol–water partition coefficient (Wildman–Crippen LogP) is 2.90. The standard InChI is InChI=1S/C16H26N2/c1-4-13(2)16-12-18(14(3)10-17-16)11-15-8-6-5-7-9-15/h5-9,13-14,16-17H,4,10-12H2,1-3H3. The van der Waals surface area contributed by atoms with Crippen molar-refractivity contribution in [1.82, 2.24) is 10.2 Å². The topological polar surface area (TPSA) is 15.3 Å². The van der Waals surface area contributed by atoms with Crippen LogP contribution in [0.5, 0.6) is 0 Å². The van der Waals surface area contributed by atoms with E-state index in [1.165, 1.54) is 18.5 Å². The summed E-state index contributed by atoms with van der Waals surface area (Å²) in [4.78, 5) is 2.61. The molecule has 2 rings (SSSR count). The Bertz CT molecular complexity index is 349. The molecule has 100 valence electrons. The van der Waals surface area contributed by atoms with Crippen molar-refractivity contribution in [3.8, 4) is 0 Å². The number of hydrogen-bond acceptors (Lipinski definition) is 2. The first kappa shape index (κ1) is 13.6. The Morgan fingerprint density at radius 1 is 1.33 bits per heavy atom. The lowest BCUT2D eigenvalue weighted by Gasteiger charge is -2.41. The molecule has 0 amide bonds. The van der Waals surface area contributed by atoms with Crippen LogP contribution in [-0.2, 0) is 6.54 Å². The first-order chi connectivity index (χ1) is 8.70. The second-order valence-electron chi connectivity index (χ2n) is 5.66. The average molecular weight is 246 g/mol. The molecule has 1 aliphatic heterocycles. The molecule has 1 N–H and O–H groups in total. The first-order valence-electron chi connectivity index (χ1n) is 7.22. The summed E-state index contributed by atoms with van der Waals surface area (Å²) in [5, 5.41) is 3.69. The van der Waals surface area contributed by atoms with E-state index in [0.29, 0.717) is 12.1 Å². The van der Waals surface area contributed by atoms with Crippen molar-refractivity contribution < 1.29 is 0 Å². The number of benzene rings is 1. The van der Waals surface area contributed by atoms with Gasteiger partial charge in [-0.15, -0.1) is 0 Å².